The van der Waals surface area contributed by atoms with Gasteiger partial charge < -0.3 is 10.8 Å². The van der Waals surface area contributed by atoms with Gasteiger partial charge in [-0.3, -0.25) is 4.79 Å². The Morgan fingerprint density at radius 2 is 2.21 bits per heavy atom. The van der Waals surface area contributed by atoms with Gasteiger partial charge >= 0.3 is 12.0 Å². The number of urea groups is 1. The lowest BCUT2D eigenvalue weighted by molar-refractivity contribution is -0.421. The summed E-state index contributed by atoms with van der Waals surface area (Å²) in [6, 6.07) is -0.865. The predicted octanol–water partition coefficient (Wildman–Crippen LogP) is 1.04. The molecule has 1 rings (SSSR count). The molecule has 0 saturated carbocycles. The summed E-state index contributed by atoms with van der Waals surface area (Å²) in [5.41, 5.74) is 5.37. The molecule has 0 aromatic heterocycles. The Hall–Kier alpha value is -1.43. The van der Waals surface area contributed by atoms with Crippen LogP contribution in [0.25, 0.3) is 0 Å². The topological polar surface area (TPSA) is 95.4 Å². The summed E-state index contributed by atoms with van der Waals surface area (Å²) >= 11 is 0. The van der Waals surface area contributed by atoms with Crippen LogP contribution in [0.2, 0.25) is 0 Å². The van der Waals surface area contributed by atoms with Crippen molar-refractivity contribution in [3.63, 3.8) is 0 Å². The quantitative estimate of drug-likeness (QED) is 0.497. The Balaban J connectivity index is 0.00000324. The van der Waals surface area contributed by atoms with E-state index in [4.69, 9.17) is 10.8 Å². The zero-order chi connectivity index (χ0) is 13.5. The summed E-state index contributed by atoms with van der Waals surface area (Å²) in [7, 11) is 0. The van der Waals surface area contributed by atoms with Crippen LogP contribution in [0, 0.1) is 5.92 Å². The molecule has 2 unspecified atom stereocenters. The first-order chi connectivity index (χ1) is 8.50. The number of carbonyl (C=O) groups excluding carboxylic acids is 1. The van der Waals surface area contributed by atoms with Gasteiger partial charge in [0.05, 0.1) is 19.3 Å². The van der Waals surface area contributed by atoms with Crippen LogP contribution in [-0.4, -0.2) is 47.0 Å². The molecule has 0 spiro atoms. The van der Waals surface area contributed by atoms with Crippen molar-refractivity contribution >= 4 is 18.2 Å². The Kier molecular flexibility index (Phi) is 7.98. The molecule has 6 heteroatoms. The summed E-state index contributed by atoms with van der Waals surface area (Å²) in [6.07, 6.45) is 4.75. The highest BCUT2D eigenvalue weighted by molar-refractivity contribution is 5.73. The number of rotatable bonds is 6. The van der Waals surface area contributed by atoms with Gasteiger partial charge in [-0.2, -0.15) is 4.79 Å². The lowest BCUT2D eigenvalue weighted by atomic mass is 10.1. The van der Waals surface area contributed by atoms with E-state index in [0.717, 1.165) is 19.4 Å². The summed E-state index contributed by atoms with van der Waals surface area (Å²) in [4.78, 5) is 22.1. The Labute approximate surface area is 114 Å². The summed E-state index contributed by atoms with van der Waals surface area (Å²) in [6.45, 7) is 3.44. The Morgan fingerprint density at radius 1 is 1.53 bits per heavy atom. The SMILES string of the molecule is C.CC1CC=[N+](C(=O)NCCCCC(N)C(=O)O)C1. The summed E-state index contributed by atoms with van der Waals surface area (Å²) < 4.78 is 1.70. The third kappa shape index (κ3) is 6.33. The highest BCUT2D eigenvalue weighted by atomic mass is 16.4. The van der Waals surface area contributed by atoms with Crippen LogP contribution in [0.5, 0.6) is 0 Å². The van der Waals surface area contributed by atoms with Gasteiger partial charge in [-0.25, -0.2) is 9.89 Å². The average molecular weight is 272 g/mol. The number of hydrogen-bond donors (Lipinski definition) is 3. The molecule has 19 heavy (non-hydrogen) atoms. The van der Waals surface area contributed by atoms with E-state index in [1.54, 1.807) is 4.58 Å². The first kappa shape index (κ1) is 17.6. The number of carboxylic acid groups (broad SMARTS) is 1. The number of nitrogens with one attached hydrogen (secondary N) is 1. The molecule has 0 radical (unpaired) electrons. The van der Waals surface area contributed by atoms with E-state index >= 15 is 0 Å². The molecular formula is C13H26N3O3+. The minimum Gasteiger partial charge on any atom is -0.480 e. The van der Waals surface area contributed by atoms with Crippen molar-refractivity contribution in [2.24, 2.45) is 11.7 Å². The number of nitrogens with zero attached hydrogens (tertiary/aromatic N) is 1. The van der Waals surface area contributed by atoms with Crippen molar-refractivity contribution in [2.75, 3.05) is 13.1 Å². The van der Waals surface area contributed by atoms with Crippen LogP contribution >= 0.6 is 0 Å². The molecule has 0 saturated heterocycles. The highest BCUT2D eigenvalue weighted by Gasteiger charge is 2.22. The minimum atomic E-state index is -0.973. The van der Waals surface area contributed by atoms with E-state index in [9.17, 15) is 9.59 Å². The normalized spacial score (nSPS) is 19.3. The molecule has 4 N–H and O–H groups in total. The number of hydrogen-bond acceptors (Lipinski definition) is 3. The van der Waals surface area contributed by atoms with Crippen LogP contribution < -0.4 is 11.1 Å². The van der Waals surface area contributed by atoms with Gasteiger partial charge in [-0.15, -0.1) is 0 Å². The second-order valence-electron chi connectivity index (χ2n) is 4.85. The maximum atomic E-state index is 11.7. The zero-order valence-electron chi connectivity index (χ0n) is 10.8. The zero-order valence-corrected chi connectivity index (χ0v) is 10.8. The second-order valence-corrected chi connectivity index (χ2v) is 4.85. The van der Waals surface area contributed by atoms with Crippen molar-refractivity contribution < 1.29 is 19.3 Å². The van der Waals surface area contributed by atoms with E-state index < -0.39 is 12.0 Å². The van der Waals surface area contributed by atoms with Crippen molar-refractivity contribution in [1.82, 2.24) is 5.32 Å². The van der Waals surface area contributed by atoms with Crippen molar-refractivity contribution in [3.05, 3.63) is 0 Å². The Bertz CT molecular complexity index is 342. The van der Waals surface area contributed by atoms with Gasteiger partial charge in [-0.1, -0.05) is 14.4 Å². The summed E-state index contributed by atoms with van der Waals surface area (Å²) in [5, 5.41) is 11.4. The Morgan fingerprint density at radius 3 is 2.74 bits per heavy atom. The molecule has 0 aliphatic carbocycles. The van der Waals surface area contributed by atoms with E-state index in [1.165, 1.54) is 0 Å². The molecule has 1 aliphatic heterocycles. The minimum absolute atomic E-state index is 0. The highest BCUT2D eigenvalue weighted by Crippen LogP contribution is 2.06. The molecular weight excluding hydrogens is 246 g/mol. The first-order valence-electron chi connectivity index (χ1n) is 6.37. The molecule has 2 atom stereocenters. The molecule has 0 aromatic rings. The molecule has 6 nitrogen and oxygen atoms in total. The fourth-order valence-corrected chi connectivity index (χ4v) is 1.87. The third-order valence-corrected chi connectivity index (χ3v) is 3.03. The second kappa shape index (κ2) is 8.63. The number of unbranched alkanes of at least 4 members (excludes halogenated alkanes) is 1. The average Bonchev–Trinajstić information content (AvgIpc) is 2.74. The predicted molar refractivity (Wildman–Crippen MR) is 74.6 cm³/mol. The van der Waals surface area contributed by atoms with Crippen LogP contribution in [0.1, 0.15) is 40.0 Å². The largest absolute Gasteiger partial charge is 0.490 e. The standard InChI is InChI=1S/C12H21N3O3.CH4/c1-9-5-7-15(8-9)12(18)14-6-3-2-4-10(13)11(16)17;/h7,9-10H,2-6,8,13H2,1H3,(H-,14,16,17,18);1H4/p+1. The molecule has 0 fully saturated rings. The fraction of sp³-hybridized carbons (Fsp3) is 0.769. The third-order valence-electron chi connectivity index (χ3n) is 3.03. The van der Waals surface area contributed by atoms with E-state index in [2.05, 4.69) is 12.2 Å². The number of nitrogens with two attached hydrogens (primary N) is 1. The molecule has 0 bridgehead atoms. The van der Waals surface area contributed by atoms with Crippen LogP contribution in [0.3, 0.4) is 0 Å². The summed E-state index contributed by atoms with van der Waals surface area (Å²) in [5.74, 6) is -0.441. The van der Waals surface area contributed by atoms with E-state index in [0.29, 0.717) is 25.3 Å². The molecule has 1 heterocycles. The molecule has 1 aliphatic rings. The van der Waals surface area contributed by atoms with E-state index in [1.807, 2.05) is 6.21 Å². The smallest absolute Gasteiger partial charge is 0.480 e. The molecule has 0 aromatic carbocycles. The maximum Gasteiger partial charge on any atom is 0.490 e. The van der Waals surface area contributed by atoms with Crippen molar-refractivity contribution in [3.8, 4) is 0 Å². The van der Waals surface area contributed by atoms with Crippen molar-refractivity contribution in [2.45, 2.75) is 46.1 Å². The van der Waals surface area contributed by atoms with Gasteiger partial charge in [0, 0.05) is 12.3 Å². The lowest BCUT2D eigenvalue weighted by Gasteiger charge is -2.05. The van der Waals surface area contributed by atoms with Gasteiger partial charge in [0.15, 0.2) is 0 Å². The number of aliphatic carboxylic acids is 1. The van der Waals surface area contributed by atoms with Gasteiger partial charge in [0.2, 0.25) is 0 Å². The monoisotopic (exact) mass is 272 g/mol. The van der Waals surface area contributed by atoms with Gasteiger partial charge in [0.1, 0.15) is 6.04 Å². The van der Waals surface area contributed by atoms with Gasteiger partial charge in [-0.05, 0) is 19.3 Å². The van der Waals surface area contributed by atoms with Crippen molar-refractivity contribution in [1.29, 1.82) is 0 Å². The number of carboxylic acids is 1. The lowest BCUT2D eigenvalue weighted by Crippen LogP contribution is -2.34. The number of carbonyl (C=O) groups is 2. The maximum absolute atomic E-state index is 11.7. The number of amides is 2. The van der Waals surface area contributed by atoms with Crippen LogP contribution in [-0.2, 0) is 4.79 Å². The molecule has 110 valence electrons. The van der Waals surface area contributed by atoms with Crippen LogP contribution in [0.4, 0.5) is 4.79 Å². The molecule has 2 amide bonds. The van der Waals surface area contributed by atoms with E-state index in [-0.39, 0.29) is 13.5 Å². The fourth-order valence-electron chi connectivity index (χ4n) is 1.87. The first-order valence-corrected chi connectivity index (χ1v) is 6.37. The van der Waals surface area contributed by atoms with Crippen LogP contribution in [0.15, 0.2) is 0 Å². The van der Waals surface area contributed by atoms with Gasteiger partial charge in [0.25, 0.3) is 0 Å².